The van der Waals surface area contributed by atoms with Gasteiger partial charge in [-0.15, -0.1) is 0 Å². The summed E-state index contributed by atoms with van der Waals surface area (Å²) in [6.07, 6.45) is 4.73. The molecule has 3 unspecified atom stereocenters. The first kappa shape index (κ1) is 14.1. The molecule has 2 bridgehead atoms. The molecule has 0 aromatic rings. The molecule has 0 aliphatic heterocycles. The van der Waals surface area contributed by atoms with Gasteiger partial charge in [-0.05, 0) is 24.2 Å². The van der Waals surface area contributed by atoms with Gasteiger partial charge >= 0.3 is 5.97 Å². The summed E-state index contributed by atoms with van der Waals surface area (Å²) in [4.78, 5) is 23.5. The summed E-state index contributed by atoms with van der Waals surface area (Å²) in [5.41, 5.74) is 0. The number of hydrogen-bond acceptors (Lipinski definition) is 3. The number of nitrogens with one attached hydrogen (secondary N) is 1. The smallest absolute Gasteiger partial charge is 0.307 e. The Kier molecular flexibility index (Phi) is 4.24. The molecule has 2 aliphatic rings. The lowest BCUT2D eigenvalue weighted by Crippen LogP contribution is -2.41. The van der Waals surface area contributed by atoms with Crippen molar-refractivity contribution >= 4 is 11.9 Å². The minimum atomic E-state index is -0.859. The molecule has 0 heterocycles. The van der Waals surface area contributed by atoms with Gasteiger partial charge in [-0.3, -0.25) is 9.59 Å². The van der Waals surface area contributed by atoms with E-state index in [4.69, 9.17) is 4.74 Å². The molecule has 0 aromatic heterocycles. The third kappa shape index (κ3) is 2.81. The van der Waals surface area contributed by atoms with Gasteiger partial charge in [-0.25, -0.2) is 0 Å². The topological polar surface area (TPSA) is 75.6 Å². The van der Waals surface area contributed by atoms with Gasteiger partial charge in [-0.2, -0.15) is 0 Å². The van der Waals surface area contributed by atoms with Crippen LogP contribution in [0.1, 0.15) is 13.3 Å². The summed E-state index contributed by atoms with van der Waals surface area (Å²) in [6, 6.07) is 0. The first-order valence-electron chi connectivity index (χ1n) is 6.72. The molecular formula is C14H21NO4. The minimum absolute atomic E-state index is 0.0228. The molecule has 2 aliphatic carbocycles. The summed E-state index contributed by atoms with van der Waals surface area (Å²) >= 11 is 0. The average Bonchev–Trinajstić information content (AvgIpc) is 2.96. The largest absolute Gasteiger partial charge is 0.481 e. The molecule has 19 heavy (non-hydrogen) atoms. The molecule has 0 aromatic carbocycles. The maximum absolute atomic E-state index is 12.2. The number of allylic oxidation sites excluding steroid dienone is 2. The van der Waals surface area contributed by atoms with Crippen molar-refractivity contribution in [3.8, 4) is 0 Å². The first-order valence-corrected chi connectivity index (χ1v) is 6.72. The highest BCUT2D eigenvalue weighted by Gasteiger charge is 2.51. The van der Waals surface area contributed by atoms with Crippen LogP contribution in [-0.4, -0.2) is 37.2 Å². The standard InChI is InChI=1S/C14H21NO4/c1-8(7-19-2)6-15-13(16)11-9-3-4-10(5-9)12(11)14(17)18/h3-4,8-12H,5-7H2,1-2H3,(H,15,16)(H,17,18)/t8?,9?,10?,11-,12+/m0/s1. The van der Waals surface area contributed by atoms with Crippen molar-refractivity contribution in [2.24, 2.45) is 29.6 Å². The van der Waals surface area contributed by atoms with Gasteiger partial charge in [0.15, 0.2) is 0 Å². The van der Waals surface area contributed by atoms with E-state index in [1.165, 1.54) is 0 Å². The monoisotopic (exact) mass is 267 g/mol. The molecule has 0 radical (unpaired) electrons. The van der Waals surface area contributed by atoms with E-state index in [9.17, 15) is 14.7 Å². The van der Waals surface area contributed by atoms with Gasteiger partial charge in [0.25, 0.3) is 0 Å². The molecule has 5 nitrogen and oxygen atoms in total. The van der Waals surface area contributed by atoms with Gasteiger partial charge in [0, 0.05) is 13.7 Å². The van der Waals surface area contributed by atoms with E-state index >= 15 is 0 Å². The maximum atomic E-state index is 12.2. The lowest BCUT2D eigenvalue weighted by atomic mass is 9.82. The first-order chi connectivity index (χ1) is 9.04. The van der Waals surface area contributed by atoms with Crippen molar-refractivity contribution in [3.63, 3.8) is 0 Å². The lowest BCUT2D eigenvalue weighted by Gasteiger charge is -2.24. The number of fused-ring (bicyclic) bond motifs is 2. The molecule has 1 saturated carbocycles. The van der Waals surface area contributed by atoms with E-state index in [1.807, 2.05) is 19.1 Å². The van der Waals surface area contributed by atoms with Crippen molar-refractivity contribution in [1.29, 1.82) is 0 Å². The average molecular weight is 267 g/mol. The third-order valence-electron chi connectivity index (χ3n) is 4.12. The van der Waals surface area contributed by atoms with Crippen LogP contribution >= 0.6 is 0 Å². The Morgan fingerprint density at radius 3 is 2.58 bits per heavy atom. The van der Waals surface area contributed by atoms with Gasteiger partial charge < -0.3 is 15.2 Å². The molecule has 0 spiro atoms. The van der Waals surface area contributed by atoms with E-state index < -0.39 is 17.8 Å². The number of methoxy groups -OCH3 is 1. The highest BCUT2D eigenvalue weighted by molar-refractivity contribution is 5.86. The number of hydrogen-bond donors (Lipinski definition) is 2. The number of aliphatic carboxylic acids is 1. The number of amides is 1. The van der Waals surface area contributed by atoms with E-state index in [2.05, 4.69) is 5.32 Å². The van der Waals surface area contributed by atoms with Crippen molar-refractivity contribution in [2.75, 3.05) is 20.3 Å². The fourth-order valence-electron chi connectivity index (χ4n) is 3.25. The maximum Gasteiger partial charge on any atom is 0.307 e. The predicted octanol–water partition coefficient (Wildman–Crippen LogP) is 0.908. The SMILES string of the molecule is COCC(C)CNC(=O)[C@H]1C2C=CC(C2)[C@H]1C(=O)O. The highest BCUT2D eigenvalue weighted by Crippen LogP contribution is 2.48. The molecule has 1 fully saturated rings. The van der Waals surface area contributed by atoms with Crippen LogP contribution in [0.5, 0.6) is 0 Å². The van der Waals surface area contributed by atoms with Crippen molar-refractivity contribution in [3.05, 3.63) is 12.2 Å². The number of carbonyl (C=O) groups is 2. The van der Waals surface area contributed by atoms with Crippen LogP contribution in [-0.2, 0) is 14.3 Å². The van der Waals surface area contributed by atoms with Crippen LogP contribution in [0.25, 0.3) is 0 Å². The predicted molar refractivity (Wildman–Crippen MR) is 69.4 cm³/mol. The number of carboxylic acids is 1. The summed E-state index contributed by atoms with van der Waals surface area (Å²) in [5.74, 6) is -1.63. The Morgan fingerprint density at radius 1 is 1.37 bits per heavy atom. The molecule has 5 heteroatoms. The summed E-state index contributed by atoms with van der Waals surface area (Å²) in [5, 5.41) is 12.1. The van der Waals surface area contributed by atoms with Crippen LogP contribution < -0.4 is 5.32 Å². The second-order valence-electron chi connectivity index (χ2n) is 5.64. The van der Waals surface area contributed by atoms with Crippen LogP contribution in [0.15, 0.2) is 12.2 Å². The number of carbonyl (C=O) groups excluding carboxylic acids is 1. The van der Waals surface area contributed by atoms with Crippen LogP contribution in [0.3, 0.4) is 0 Å². The van der Waals surface area contributed by atoms with Crippen molar-refractivity contribution in [2.45, 2.75) is 13.3 Å². The Labute approximate surface area is 113 Å². The molecular weight excluding hydrogens is 246 g/mol. The van der Waals surface area contributed by atoms with Gasteiger partial charge in [0.2, 0.25) is 5.91 Å². The van der Waals surface area contributed by atoms with Gasteiger partial charge in [-0.1, -0.05) is 19.1 Å². The zero-order valence-corrected chi connectivity index (χ0v) is 11.3. The second-order valence-corrected chi connectivity index (χ2v) is 5.64. The van der Waals surface area contributed by atoms with Gasteiger partial charge in [0.1, 0.15) is 0 Å². The summed E-state index contributed by atoms with van der Waals surface area (Å²) in [7, 11) is 1.62. The molecule has 0 saturated heterocycles. The van der Waals surface area contributed by atoms with E-state index in [-0.39, 0.29) is 23.7 Å². The molecule has 1 amide bonds. The summed E-state index contributed by atoms with van der Waals surface area (Å²) in [6.45, 7) is 3.09. The van der Waals surface area contributed by atoms with Gasteiger partial charge in [0.05, 0.1) is 18.4 Å². The Hall–Kier alpha value is -1.36. The second kappa shape index (κ2) is 5.74. The van der Waals surface area contributed by atoms with E-state index in [0.717, 1.165) is 6.42 Å². The van der Waals surface area contributed by atoms with Crippen LogP contribution in [0, 0.1) is 29.6 Å². The van der Waals surface area contributed by atoms with Crippen molar-refractivity contribution in [1.82, 2.24) is 5.32 Å². The summed E-state index contributed by atoms with van der Waals surface area (Å²) < 4.78 is 5.01. The number of carboxylic acid groups (broad SMARTS) is 1. The van der Waals surface area contributed by atoms with Crippen LogP contribution in [0.2, 0.25) is 0 Å². The fraction of sp³-hybridized carbons (Fsp3) is 0.714. The third-order valence-corrected chi connectivity index (χ3v) is 4.12. The Morgan fingerprint density at radius 2 is 2.00 bits per heavy atom. The van der Waals surface area contributed by atoms with Crippen LogP contribution in [0.4, 0.5) is 0 Å². The zero-order valence-electron chi connectivity index (χ0n) is 11.3. The minimum Gasteiger partial charge on any atom is -0.481 e. The Balaban J connectivity index is 1.95. The Bertz CT molecular complexity index is 393. The molecule has 106 valence electrons. The zero-order chi connectivity index (χ0) is 14.0. The van der Waals surface area contributed by atoms with E-state index in [1.54, 1.807) is 7.11 Å². The number of ether oxygens (including phenoxy) is 1. The van der Waals surface area contributed by atoms with E-state index in [0.29, 0.717) is 13.2 Å². The number of rotatable bonds is 6. The lowest BCUT2D eigenvalue weighted by molar-refractivity contribution is -0.147. The highest BCUT2D eigenvalue weighted by atomic mass is 16.5. The fourth-order valence-corrected chi connectivity index (χ4v) is 3.25. The molecule has 2 rings (SSSR count). The molecule has 2 N–H and O–H groups in total. The van der Waals surface area contributed by atoms with Crippen molar-refractivity contribution < 1.29 is 19.4 Å². The quantitative estimate of drug-likeness (QED) is 0.701. The molecule has 5 atom stereocenters. The normalized spacial score (nSPS) is 33.4.